The number of hydrogen-bond donors (Lipinski definition) is 0. The van der Waals surface area contributed by atoms with Crippen LogP contribution in [0.1, 0.15) is 24.3 Å². The summed E-state index contributed by atoms with van der Waals surface area (Å²) in [5.41, 5.74) is 1.38. The summed E-state index contributed by atoms with van der Waals surface area (Å²) in [5.74, 6) is 1.41. The van der Waals surface area contributed by atoms with Gasteiger partial charge in [-0.15, -0.1) is 0 Å². The molecule has 2 aromatic carbocycles. The van der Waals surface area contributed by atoms with Gasteiger partial charge in [-0.05, 0) is 30.0 Å². The third-order valence-corrected chi connectivity index (χ3v) is 3.53. The zero-order valence-corrected chi connectivity index (χ0v) is 10.9. The second-order valence-corrected chi connectivity index (χ2v) is 4.86. The normalized spacial score (nSPS) is 22.9. The fourth-order valence-electron chi connectivity index (χ4n) is 2.52. The van der Waals surface area contributed by atoms with Gasteiger partial charge in [-0.25, -0.2) is 0 Å². The van der Waals surface area contributed by atoms with Gasteiger partial charge in [0.2, 0.25) is 0 Å². The maximum Gasteiger partial charge on any atom is 0.200 e. The Balaban J connectivity index is 1.65. The molecule has 2 heteroatoms. The molecule has 0 amide bonds. The molecule has 1 saturated heterocycles. The average Bonchev–Trinajstić information content (AvgIpc) is 2.49. The Kier molecular flexibility index (Phi) is 3.80. The quantitative estimate of drug-likeness (QED) is 0.824. The molecule has 1 aliphatic rings. The lowest BCUT2D eigenvalue weighted by molar-refractivity contribution is -0.112. The van der Waals surface area contributed by atoms with Crippen LogP contribution in [0.3, 0.4) is 0 Å². The molecule has 2 nitrogen and oxygen atoms in total. The first-order valence-electron chi connectivity index (χ1n) is 6.80. The van der Waals surface area contributed by atoms with Crippen molar-refractivity contribution in [2.45, 2.75) is 25.0 Å². The van der Waals surface area contributed by atoms with Crippen molar-refractivity contribution in [1.82, 2.24) is 0 Å². The highest BCUT2D eigenvalue weighted by Gasteiger charge is 2.24. The fourth-order valence-corrected chi connectivity index (χ4v) is 2.52. The van der Waals surface area contributed by atoms with Crippen LogP contribution in [-0.2, 0) is 4.74 Å². The van der Waals surface area contributed by atoms with Gasteiger partial charge in [0.1, 0.15) is 5.75 Å². The van der Waals surface area contributed by atoms with E-state index in [2.05, 4.69) is 30.3 Å². The minimum absolute atomic E-state index is 0.138. The lowest BCUT2D eigenvalue weighted by Crippen LogP contribution is -2.29. The maximum absolute atomic E-state index is 5.88. The summed E-state index contributed by atoms with van der Waals surface area (Å²) >= 11 is 0. The predicted molar refractivity (Wildman–Crippen MR) is 75.2 cm³/mol. The first-order chi connectivity index (χ1) is 9.42. The van der Waals surface area contributed by atoms with Crippen LogP contribution in [-0.4, -0.2) is 12.9 Å². The molecule has 2 unspecified atom stereocenters. The Morgan fingerprint density at radius 2 is 1.58 bits per heavy atom. The van der Waals surface area contributed by atoms with Gasteiger partial charge in [0.15, 0.2) is 6.29 Å². The van der Waals surface area contributed by atoms with Crippen LogP contribution in [0, 0.1) is 0 Å². The Morgan fingerprint density at radius 3 is 2.32 bits per heavy atom. The largest absolute Gasteiger partial charge is 0.465 e. The first-order valence-corrected chi connectivity index (χ1v) is 6.80. The lowest BCUT2D eigenvalue weighted by Gasteiger charge is -2.30. The average molecular weight is 254 g/mol. The standard InChI is InChI=1S/C17H18O2/c1-3-7-14(8-4-1)15-11-12-18-17(13-15)19-16-9-5-2-6-10-16/h1-10,15,17H,11-13H2. The van der Waals surface area contributed by atoms with Crippen molar-refractivity contribution in [1.29, 1.82) is 0 Å². The van der Waals surface area contributed by atoms with E-state index in [-0.39, 0.29) is 6.29 Å². The molecule has 19 heavy (non-hydrogen) atoms. The minimum atomic E-state index is -0.138. The van der Waals surface area contributed by atoms with E-state index in [1.807, 2.05) is 30.3 Å². The van der Waals surface area contributed by atoms with E-state index < -0.39 is 0 Å². The highest BCUT2D eigenvalue weighted by molar-refractivity contribution is 5.22. The van der Waals surface area contributed by atoms with Crippen LogP contribution >= 0.6 is 0 Å². The molecule has 1 fully saturated rings. The smallest absolute Gasteiger partial charge is 0.200 e. The van der Waals surface area contributed by atoms with Crippen LogP contribution in [0.5, 0.6) is 5.75 Å². The van der Waals surface area contributed by atoms with Crippen LogP contribution in [0.2, 0.25) is 0 Å². The molecular formula is C17H18O2. The molecule has 0 saturated carbocycles. The van der Waals surface area contributed by atoms with Crippen molar-refractivity contribution in [3.05, 3.63) is 66.2 Å². The summed E-state index contributed by atoms with van der Waals surface area (Å²) in [6, 6.07) is 20.5. The van der Waals surface area contributed by atoms with Gasteiger partial charge in [-0.1, -0.05) is 48.5 Å². The minimum Gasteiger partial charge on any atom is -0.465 e. The molecule has 0 bridgehead atoms. The topological polar surface area (TPSA) is 18.5 Å². The predicted octanol–water partition coefficient (Wildman–Crippen LogP) is 3.99. The van der Waals surface area contributed by atoms with Crippen molar-refractivity contribution in [3.8, 4) is 5.75 Å². The SMILES string of the molecule is c1ccc(OC2CC(c3ccccc3)CCO2)cc1. The highest BCUT2D eigenvalue weighted by atomic mass is 16.7. The second kappa shape index (κ2) is 5.89. The number of ether oxygens (including phenoxy) is 2. The first kappa shape index (κ1) is 12.2. The van der Waals surface area contributed by atoms with Crippen molar-refractivity contribution >= 4 is 0 Å². The molecule has 0 aromatic heterocycles. The van der Waals surface area contributed by atoms with Gasteiger partial charge in [0, 0.05) is 6.42 Å². The van der Waals surface area contributed by atoms with E-state index in [0.717, 1.165) is 25.2 Å². The molecule has 1 aliphatic heterocycles. The van der Waals surface area contributed by atoms with Crippen molar-refractivity contribution in [2.75, 3.05) is 6.61 Å². The molecule has 1 heterocycles. The number of hydrogen-bond acceptors (Lipinski definition) is 2. The summed E-state index contributed by atoms with van der Waals surface area (Å²) in [5, 5.41) is 0. The number of para-hydroxylation sites is 1. The van der Waals surface area contributed by atoms with Crippen LogP contribution in [0.4, 0.5) is 0 Å². The summed E-state index contributed by atoms with van der Waals surface area (Å²) < 4.78 is 11.6. The van der Waals surface area contributed by atoms with Crippen LogP contribution in [0.25, 0.3) is 0 Å². The van der Waals surface area contributed by atoms with Gasteiger partial charge in [0.05, 0.1) is 6.61 Å². The fraction of sp³-hybridized carbons (Fsp3) is 0.294. The van der Waals surface area contributed by atoms with Crippen LogP contribution in [0.15, 0.2) is 60.7 Å². The van der Waals surface area contributed by atoms with E-state index in [9.17, 15) is 0 Å². The molecule has 2 aromatic rings. The van der Waals surface area contributed by atoms with Gasteiger partial charge < -0.3 is 9.47 Å². The Labute approximate surface area is 114 Å². The van der Waals surface area contributed by atoms with E-state index in [4.69, 9.17) is 9.47 Å². The van der Waals surface area contributed by atoms with E-state index >= 15 is 0 Å². The van der Waals surface area contributed by atoms with Crippen molar-refractivity contribution < 1.29 is 9.47 Å². The van der Waals surface area contributed by atoms with Gasteiger partial charge in [-0.2, -0.15) is 0 Å². The molecule has 98 valence electrons. The van der Waals surface area contributed by atoms with Gasteiger partial charge in [-0.3, -0.25) is 0 Å². The number of benzene rings is 2. The Hall–Kier alpha value is -1.80. The summed E-state index contributed by atoms with van der Waals surface area (Å²) in [4.78, 5) is 0. The highest BCUT2D eigenvalue weighted by Crippen LogP contribution is 2.30. The van der Waals surface area contributed by atoms with E-state index in [1.165, 1.54) is 5.56 Å². The Morgan fingerprint density at radius 1 is 0.895 bits per heavy atom. The molecule has 0 spiro atoms. The van der Waals surface area contributed by atoms with Gasteiger partial charge in [0.25, 0.3) is 0 Å². The number of rotatable bonds is 3. The monoisotopic (exact) mass is 254 g/mol. The van der Waals surface area contributed by atoms with Crippen LogP contribution < -0.4 is 4.74 Å². The molecule has 2 atom stereocenters. The third-order valence-electron chi connectivity index (χ3n) is 3.53. The third kappa shape index (κ3) is 3.15. The van der Waals surface area contributed by atoms with E-state index in [0.29, 0.717) is 5.92 Å². The molecule has 0 radical (unpaired) electrons. The zero-order chi connectivity index (χ0) is 12.9. The van der Waals surface area contributed by atoms with Gasteiger partial charge >= 0.3 is 0 Å². The summed E-state index contributed by atoms with van der Waals surface area (Å²) in [6.45, 7) is 0.761. The van der Waals surface area contributed by atoms with Crippen molar-refractivity contribution in [2.24, 2.45) is 0 Å². The Bertz CT molecular complexity index is 495. The van der Waals surface area contributed by atoms with E-state index in [1.54, 1.807) is 0 Å². The maximum atomic E-state index is 5.88. The zero-order valence-electron chi connectivity index (χ0n) is 10.9. The lowest BCUT2D eigenvalue weighted by atomic mass is 9.91. The summed E-state index contributed by atoms with van der Waals surface area (Å²) in [7, 11) is 0. The molecule has 3 rings (SSSR count). The van der Waals surface area contributed by atoms with Crippen molar-refractivity contribution in [3.63, 3.8) is 0 Å². The second-order valence-electron chi connectivity index (χ2n) is 4.86. The molecular weight excluding hydrogens is 236 g/mol. The summed E-state index contributed by atoms with van der Waals surface area (Å²) in [6.07, 6.45) is 1.85. The molecule has 0 aliphatic carbocycles. The molecule has 0 N–H and O–H groups in total.